The number of phenols is 1. The summed E-state index contributed by atoms with van der Waals surface area (Å²) in [6.45, 7) is 8.21. The van der Waals surface area contributed by atoms with E-state index in [0.29, 0.717) is 31.5 Å². The molecule has 1 aromatic rings. The quantitative estimate of drug-likeness (QED) is 0.871. The van der Waals surface area contributed by atoms with Crippen LogP contribution in [0.3, 0.4) is 0 Å². The summed E-state index contributed by atoms with van der Waals surface area (Å²) in [5, 5.41) is 19.2. The summed E-state index contributed by atoms with van der Waals surface area (Å²) in [7, 11) is 0. The Labute approximate surface area is 114 Å². The van der Waals surface area contributed by atoms with Gasteiger partial charge in [-0.3, -0.25) is 4.90 Å². The van der Waals surface area contributed by atoms with Crippen LogP contribution in [0.5, 0.6) is 5.75 Å². The van der Waals surface area contributed by atoms with Crippen molar-refractivity contribution in [3.63, 3.8) is 0 Å². The van der Waals surface area contributed by atoms with Crippen LogP contribution in [-0.2, 0) is 11.3 Å². The van der Waals surface area contributed by atoms with E-state index in [4.69, 9.17) is 4.74 Å². The van der Waals surface area contributed by atoms with Gasteiger partial charge in [0.05, 0.1) is 19.3 Å². The van der Waals surface area contributed by atoms with Gasteiger partial charge in [-0.1, -0.05) is 6.07 Å². The number of aliphatic hydroxyl groups excluding tert-OH is 1. The molecule has 0 amide bonds. The molecule has 1 fully saturated rings. The van der Waals surface area contributed by atoms with E-state index in [1.807, 2.05) is 19.1 Å². The molecule has 2 rings (SSSR count). The topological polar surface area (TPSA) is 52.9 Å². The highest BCUT2D eigenvalue weighted by Gasteiger charge is 2.26. The molecule has 2 unspecified atom stereocenters. The first-order chi connectivity index (χ1) is 9.01. The van der Waals surface area contributed by atoms with E-state index in [0.717, 1.165) is 11.1 Å². The number of nitrogens with zero attached hydrogens (tertiary/aromatic N) is 1. The fourth-order valence-corrected chi connectivity index (χ4v) is 2.41. The average Bonchev–Trinajstić information content (AvgIpc) is 2.38. The van der Waals surface area contributed by atoms with E-state index in [1.54, 1.807) is 0 Å². The molecule has 19 heavy (non-hydrogen) atoms. The molecule has 1 aliphatic heterocycles. The second kappa shape index (κ2) is 5.90. The smallest absolute Gasteiger partial charge is 0.120 e. The van der Waals surface area contributed by atoms with Crippen LogP contribution < -0.4 is 0 Å². The number of rotatable bonds is 3. The molecule has 0 bridgehead atoms. The lowest BCUT2D eigenvalue weighted by Gasteiger charge is -2.37. The first-order valence-electron chi connectivity index (χ1n) is 6.77. The second-order valence-corrected chi connectivity index (χ2v) is 5.48. The Bertz CT molecular complexity index is 447. The molecule has 1 heterocycles. The van der Waals surface area contributed by atoms with Crippen LogP contribution in [0.1, 0.15) is 23.6 Å². The number of aromatic hydroxyl groups is 1. The van der Waals surface area contributed by atoms with Crippen molar-refractivity contribution in [3.05, 3.63) is 28.8 Å². The van der Waals surface area contributed by atoms with Crippen LogP contribution in [-0.4, -0.2) is 47.0 Å². The summed E-state index contributed by atoms with van der Waals surface area (Å²) in [6.07, 6.45) is -0.120. The maximum atomic E-state index is 10.0. The third-order valence-electron chi connectivity index (χ3n) is 3.91. The number of benzene rings is 1. The molecule has 2 N–H and O–H groups in total. The predicted molar refractivity (Wildman–Crippen MR) is 74.3 cm³/mol. The lowest BCUT2D eigenvalue weighted by atomic mass is 10.0. The van der Waals surface area contributed by atoms with Gasteiger partial charge in [-0.15, -0.1) is 0 Å². The van der Waals surface area contributed by atoms with Crippen molar-refractivity contribution < 1.29 is 14.9 Å². The SMILES string of the molecule is Cc1cc(O)c(CN2CC(CO)OCC2C)cc1C. The number of hydrogen-bond acceptors (Lipinski definition) is 4. The van der Waals surface area contributed by atoms with Crippen molar-refractivity contribution >= 4 is 0 Å². The zero-order valence-electron chi connectivity index (χ0n) is 11.9. The standard InChI is InChI=1S/C15H23NO3/c1-10-4-13(15(18)5-11(10)2)6-16-7-14(8-17)19-9-12(16)3/h4-5,12,14,17-18H,6-9H2,1-3H3. The van der Waals surface area contributed by atoms with E-state index in [1.165, 1.54) is 5.56 Å². The molecule has 4 heteroatoms. The van der Waals surface area contributed by atoms with Crippen LogP contribution in [0.4, 0.5) is 0 Å². The van der Waals surface area contributed by atoms with Crippen LogP contribution in [0, 0.1) is 13.8 Å². The molecule has 1 aromatic carbocycles. The van der Waals surface area contributed by atoms with Crippen molar-refractivity contribution in [1.82, 2.24) is 4.90 Å². The Balaban J connectivity index is 2.13. The highest BCUT2D eigenvalue weighted by atomic mass is 16.5. The van der Waals surface area contributed by atoms with Gasteiger partial charge in [-0.25, -0.2) is 0 Å². The Morgan fingerprint density at radius 3 is 2.68 bits per heavy atom. The van der Waals surface area contributed by atoms with Crippen LogP contribution >= 0.6 is 0 Å². The van der Waals surface area contributed by atoms with E-state index < -0.39 is 0 Å². The third-order valence-corrected chi connectivity index (χ3v) is 3.91. The minimum Gasteiger partial charge on any atom is -0.508 e. The molecule has 106 valence electrons. The summed E-state index contributed by atoms with van der Waals surface area (Å²) >= 11 is 0. The van der Waals surface area contributed by atoms with Crippen molar-refractivity contribution in [2.45, 2.75) is 39.5 Å². The number of ether oxygens (including phenoxy) is 1. The van der Waals surface area contributed by atoms with Gasteiger partial charge in [0, 0.05) is 24.7 Å². The molecule has 0 aromatic heterocycles. The first-order valence-corrected chi connectivity index (χ1v) is 6.77. The molecule has 0 radical (unpaired) electrons. The van der Waals surface area contributed by atoms with Gasteiger partial charge in [0.25, 0.3) is 0 Å². The molecular formula is C15H23NO3. The van der Waals surface area contributed by atoms with Crippen molar-refractivity contribution in [3.8, 4) is 5.75 Å². The summed E-state index contributed by atoms with van der Waals surface area (Å²) < 4.78 is 5.53. The number of phenolic OH excluding ortho intramolecular Hbond substituents is 1. The fraction of sp³-hybridized carbons (Fsp3) is 0.600. The van der Waals surface area contributed by atoms with Crippen molar-refractivity contribution in [2.24, 2.45) is 0 Å². The molecule has 0 spiro atoms. The summed E-state index contributed by atoms with van der Waals surface area (Å²) in [5.74, 6) is 0.349. The Morgan fingerprint density at radius 1 is 1.32 bits per heavy atom. The van der Waals surface area contributed by atoms with Crippen LogP contribution in [0.15, 0.2) is 12.1 Å². The third kappa shape index (κ3) is 3.26. The minimum atomic E-state index is -0.120. The predicted octanol–water partition coefficient (Wildman–Crippen LogP) is 1.59. The monoisotopic (exact) mass is 265 g/mol. The molecule has 1 aliphatic rings. The summed E-state index contributed by atoms with van der Waals surface area (Å²) in [5.41, 5.74) is 3.23. The van der Waals surface area contributed by atoms with Crippen LogP contribution in [0.25, 0.3) is 0 Å². The zero-order chi connectivity index (χ0) is 14.0. The first kappa shape index (κ1) is 14.3. The van der Waals surface area contributed by atoms with E-state index in [2.05, 4.69) is 18.7 Å². The number of morpholine rings is 1. The maximum absolute atomic E-state index is 10.0. The van der Waals surface area contributed by atoms with Gasteiger partial charge in [0.1, 0.15) is 5.75 Å². The number of aliphatic hydroxyl groups is 1. The molecular weight excluding hydrogens is 242 g/mol. The van der Waals surface area contributed by atoms with E-state index >= 15 is 0 Å². The number of hydrogen-bond donors (Lipinski definition) is 2. The van der Waals surface area contributed by atoms with Gasteiger partial charge in [0.15, 0.2) is 0 Å². The molecule has 0 saturated carbocycles. The van der Waals surface area contributed by atoms with Crippen LogP contribution in [0.2, 0.25) is 0 Å². The highest BCUT2D eigenvalue weighted by Crippen LogP contribution is 2.25. The second-order valence-electron chi connectivity index (χ2n) is 5.48. The largest absolute Gasteiger partial charge is 0.508 e. The van der Waals surface area contributed by atoms with Crippen molar-refractivity contribution in [1.29, 1.82) is 0 Å². The average molecular weight is 265 g/mol. The van der Waals surface area contributed by atoms with Gasteiger partial charge < -0.3 is 14.9 Å². The van der Waals surface area contributed by atoms with Gasteiger partial charge in [0.2, 0.25) is 0 Å². The Hall–Kier alpha value is -1.10. The number of aryl methyl sites for hydroxylation is 2. The van der Waals surface area contributed by atoms with E-state index in [-0.39, 0.29) is 12.7 Å². The lowest BCUT2D eigenvalue weighted by Crippen LogP contribution is -2.48. The van der Waals surface area contributed by atoms with Gasteiger partial charge in [-0.2, -0.15) is 0 Å². The van der Waals surface area contributed by atoms with Gasteiger partial charge >= 0.3 is 0 Å². The molecule has 1 saturated heterocycles. The normalized spacial score (nSPS) is 24.6. The maximum Gasteiger partial charge on any atom is 0.120 e. The highest BCUT2D eigenvalue weighted by molar-refractivity contribution is 5.40. The molecule has 2 atom stereocenters. The Morgan fingerprint density at radius 2 is 2.00 bits per heavy atom. The lowest BCUT2D eigenvalue weighted by molar-refractivity contribution is -0.0806. The molecule has 4 nitrogen and oxygen atoms in total. The molecule has 0 aliphatic carbocycles. The minimum absolute atomic E-state index is 0.0438. The summed E-state index contributed by atoms with van der Waals surface area (Å²) in [4.78, 5) is 2.24. The Kier molecular flexibility index (Phi) is 4.45. The van der Waals surface area contributed by atoms with E-state index in [9.17, 15) is 10.2 Å². The fourth-order valence-electron chi connectivity index (χ4n) is 2.41. The summed E-state index contributed by atoms with van der Waals surface area (Å²) in [6, 6.07) is 4.16. The zero-order valence-corrected chi connectivity index (χ0v) is 11.9. The van der Waals surface area contributed by atoms with Gasteiger partial charge in [-0.05, 0) is 38.0 Å². The van der Waals surface area contributed by atoms with Crippen molar-refractivity contribution in [2.75, 3.05) is 19.8 Å².